The van der Waals surface area contributed by atoms with Gasteiger partial charge >= 0.3 is 0 Å². The van der Waals surface area contributed by atoms with Crippen LogP contribution in [-0.4, -0.2) is 68.1 Å². The van der Waals surface area contributed by atoms with Gasteiger partial charge in [0, 0.05) is 37.2 Å². The van der Waals surface area contributed by atoms with Crippen molar-refractivity contribution in [2.45, 2.75) is 31.4 Å². The third-order valence-corrected chi connectivity index (χ3v) is 7.40. The molecule has 1 N–H and O–H groups in total. The van der Waals surface area contributed by atoms with Gasteiger partial charge in [-0.05, 0) is 49.6 Å². The molecule has 3 aromatic heterocycles. The van der Waals surface area contributed by atoms with Crippen molar-refractivity contribution >= 4 is 46.0 Å². The molecule has 0 radical (unpaired) electrons. The van der Waals surface area contributed by atoms with Crippen LogP contribution in [0.25, 0.3) is 16.7 Å². The van der Waals surface area contributed by atoms with Crippen molar-refractivity contribution in [1.82, 2.24) is 23.8 Å². The lowest BCUT2D eigenvalue weighted by atomic mass is 10.1. The van der Waals surface area contributed by atoms with E-state index in [-0.39, 0.29) is 24.0 Å². The van der Waals surface area contributed by atoms with E-state index in [0.717, 1.165) is 19.3 Å². The number of hydrogen-bond donors (Lipinski definition) is 1. The van der Waals surface area contributed by atoms with Crippen LogP contribution < -0.4 is 10.1 Å². The number of rotatable bonds is 6. The van der Waals surface area contributed by atoms with Gasteiger partial charge in [0.2, 0.25) is 11.9 Å². The summed E-state index contributed by atoms with van der Waals surface area (Å²) in [6.07, 6.45) is 9.12. The van der Waals surface area contributed by atoms with Crippen LogP contribution in [0.5, 0.6) is 5.75 Å². The minimum Gasteiger partial charge on any atom is -0.484 e. The Hall–Kier alpha value is -3.89. The lowest BCUT2D eigenvalue weighted by Crippen LogP contribution is -2.38. The van der Waals surface area contributed by atoms with Gasteiger partial charge < -0.3 is 23.3 Å². The van der Waals surface area contributed by atoms with Crippen LogP contribution >= 0.6 is 11.6 Å². The third kappa shape index (κ3) is 4.50. The summed E-state index contributed by atoms with van der Waals surface area (Å²) >= 11 is 6.93. The number of hydrogen-bond acceptors (Lipinski definition) is 6. The first kappa shape index (κ1) is 24.4. The molecule has 0 bridgehead atoms. The maximum atomic E-state index is 13.4. The van der Waals surface area contributed by atoms with Crippen LogP contribution in [0.4, 0.5) is 5.95 Å². The van der Waals surface area contributed by atoms with E-state index in [2.05, 4.69) is 16.9 Å². The molecule has 0 aliphatic carbocycles. The predicted molar refractivity (Wildman–Crippen MR) is 143 cm³/mol. The summed E-state index contributed by atoms with van der Waals surface area (Å²) in [4.78, 5) is 36.8. The topological polar surface area (TPSA) is 103 Å². The molecule has 6 rings (SSSR count). The lowest BCUT2D eigenvalue weighted by molar-refractivity contribution is -0.126. The first-order valence-electron chi connectivity index (χ1n) is 12.6. The minimum atomic E-state index is -0.320. The Bertz CT molecular complexity index is 1540. The third-order valence-electron chi connectivity index (χ3n) is 7.04. The fourth-order valence-electron chi connectivity index (χ4n) is 5.01. The summed E-state index contributed by atoms with van der Waals surface area (Å²) in [7, 11) is 0. The molecule has 0 unspecified atom stereocenters. The highest BCUT2D eigenvalue weighted by molar-refractivity contribution is 6.36. The summed E-state index contributed by atoms with van der Waals surface area (Å²) in [6, 6.07) is 6.91. The average molecular weight is 535 g/mol. The zero-order valence-electron chi connectivity index (χ0n) is 20.7. The molecule has 38 heavy (non-hydrogen) atoms. The molecule has 2 aliphatic heterocycles. The fraction of sp³-hybridized carbons (Fsp3) is 0.333. The number of likely N-dealkylation sites (tertiary alicyclic amines) is 1. The molecule has 0 spiro atoms. The number of nitrogens with one attached hydrogen (secondary N) is 1. The van der Waals surface area contributed by atoms with E-state index in [1.165, 1.54) is 6.08 Å². The minimum absolute atomic E-state index is 0.0586. The molecule has 5 heterocycles. The Morgan fingerprint density at radius 2 is 2.08 bits per heavy atom. The van der Waals surface area contributed by atoms with Gasteiger partial charge in [-0.1, -0.05) is 18.2 Å². The Labute approximate surface area is 223 Å². The van der Waals surface area contributed by atoms with Crippen molar-refractivity contribution in [2.75, 3.05) is 31.6 Å². The number of anilines is 1. The van der Waals surface area contributed by atoms with Crippen molar-refractivity contribution in [2.24, 2.45) is 0 Å². The van der Waals surface area contributed by atoms with Gasteiger partial charge in [-0.2, -0.15) is 0 Å². The van der Waals surface area contributed by atoms with Gasteiger partial charge in [-0.25, -0.2) is 9.97 Å². The van der Waals surface area contributed by atoms with Gasteiger partial charge in [0.05, 0.1) is 30.3 Å². The SMILES string of the molecule is C=CC(=O)N1CCCC[C@@H](n2c(NC(=O)c3ccn4ccnc4c3)nc3ccc(OC4COC4)c(Cl)c32)C1. The maximum Gasteiger partial charge on any atom is 0.258 e. The molecular formula is C27H27ClN6O4. The van der Waals surface area contributed by atoms with Gasteiger partial charge in [-0.15, -0.1) is 0 Å². The first-order chi connectivity index (χ1) is 18.5. The van der Waals surface area contributed by atoms with E-state index in [1.807, 2.05) is 21.2 Å². The number of carbonyl (C=O) groups excluding carboxylic acids is 2. The van der Waals surface area contributed by atoms with Gasteiger partial charge in [0.15, 0.2) is 0 Å². The summed E-state index contributed by atoms with van der Waals surface area (Å²) in [5, 5.41) is 3.40. The number of fused-ring (bicyclic) bond motifs is 2. The smallest absolute Gasteiger partial charge is 0.258 e. The van der Waals surface area contributed by atoms with Crippen LogP contribution in [0.3, 0.4) is 0 Å². The van der Waals surface area contributed by atoms with E-state index >= 15 is 0 Å². The number of nitrogens with zero attached hydrogens (tertiary/aromatic N) is 5. The van der Waals surface area contributed by atoms with Crippen molar-refractivity contribution in [3.8, 4) is 5.75 Å². The second kappa shape index (κ2) is 10.1. The van der Waals surface area contributed by atoms with E-state index < -0.39 is 0 Å². The number of halogens is 1. The van der Waals surface area contributed by atoms with Crippen LogP contribution in [0.1, 0.15) is 35.7 Å². The standard InChI is InChI=1S/C27H27ClN6O4/c1-2-23(35)33-10-4-3-5-18(14-33)34-25-20(6-7-21(24(25)28)38-19-15-37-16-19)30-27(34)31-26(36)17-8-11-32-12-9-29-22(32)13-17/h2,6-9,11-13,18-19H,1,3-5,10,14-16H2,(H,30,31,36)/t18-/m1/s1. The summed E-state index contributed by atoms with van der Waals surface area (Å²) in [5.74, 6) is 0.444. The average Bonchev–Trinajstić information content (AvgIpc) is 3.43. The summed E-state index contributed by atoms with van der Waals surface area (Å²) in [6.45, 7) is 5.76. The Morgan fingerprint density at radius 1 is 1.21 bits per heavy atom. The van der Waals surface area contributed by atoms with Gasteiger partial charge in [0.25, 0.3) is 5.91 Å². The highest BCUT2D eigenvalue weighted by atomic mass is 35.5. The monoisotopic (exact) mass is 534 g/mol. The Kier molecular flexibility index (Phi) is 6.50. The molecular weight excluding hydrogens is 508 g/mol. The van der Waals surface area contributed by atoms with Crippen LogP contribution in [-0.2, 0) is 9.53 Å². The molecule has 0 saturated carbocycles. The fourth-order valence-corrected chi connectivity index (χ4v) is 5.31. The summed E-state index contributed by atoms with van der Waals surface area (Å²) < 4.78 is 15.1. The van der Waals surface area contributed by atoms with Crippen molar-refractivity contribution in [3.05, 3.63) is 66.1 Å². The molecule has 1 aromatic carbocycles. The highest BCUT2D eigenvalue weighted by Gasteiger charge is 2.29. The molecule has 4 aromatic rings. The molecule has 2 aliphatic rings. The Morgan fingerprint density at radius 3 is 2.87 bits per heavy atom. The van der Waals surface area contributed by atoms with Crippen LogP contribution in [0.2, 0.25) is 5.02 Å². The van der Waals surface area contributed by atoms with E-state index in [0.29, 0.717) is 65.3 Å². The van der Waals surface area contributed by atoms with E-state index in [9.17, 15) is 9.59 Å². The predicted octanol–water partition coefficient (Wildman–Crippen LogP) is 4.11. The van der Waals surface area contributed by atoms with Crippen molar-refractivity contribution < 1.29 is 19.1 Å². The number of benzene rings is 1. The number of pyridine rings is 1. The number of carbonyl (C=O) groups is 2. The molecule has 11 heteroatoms. The molecule has 2 amide bonds. The second-order valence-electron chi connectivity index (χ2n) is 9.53. The number of ether oxygens (including phenoxy) is 2. The lowest BCUT2D eigenvalue weighted by Gasteiger charge is -2.28. The largest absolute Gasteiger partial charge is 0.484 e. The summed E-state index contributed by atoms with van der Waals surface area (Å²) in [5.41, 5.74) is 2.39. The number of aromatic nitrogens is 4. The van der Waals surface area contributed by atoms with Crippen LogP contribution in [0, 0.1) is 0 Å². The molecule has 196 valence electrons. The zero-order chi connectivity index (χ0) is 26.2. The molecule has 2 fully saturated rings. The molecule has 2 saturated heterocycles. The highest BCUT2D eigenvalue weighted by Crippen LogP contribution is 2.39. The quantitative estimate of drug-likeness (QED) is 0.373. The second-order valence-corrected chi connectivity index (χ2v) is 9.91. The van der Waals surface area contributed by atoms with Gasteiger partial charge in [-0.3, -0.25) is 14.9 Å². The molecule has 1 atom stereocenters. The normalized spacial score (nSPS) is 18.2. The number of imidazole rings is 2. The molecule has 10 nitrogen and oxygen atoms in total. The van der Waals surface area contributed by atoms with E-state index in [4.69, 9.17) is 26.1 Å². The van der Waals surface area contributed by atoms with Crippen LogP contribution in [0.15, 0.2) is 55.5 Å². The maximum absolute atomic E-state index is 13.4. The zero-order valence-corrected chi connectivity index (χ0v) is 21.4. The number of amides is 2. The van der Waals surface area contributed by atoms with E-state index in [1.54, 1.807) is 35.5 Å². The van der Waals surface area contributed by atoms with Crippen molar-refractivity contribution in [3.63, 3.8) is 0 Å². The Balaban J connectivity index is 1.42. The van der Waals surface area contributed by atoms with Gasteiger partial charge in [0.1, 0.15) is 22.5 Å². The van der Waals surface area contributed by atoms with Crippen molar-refractivity contribution in [1.29, 1.82) is 0 Å². The first-order valence-corrected chi connectivity index (χ1v) is 13.0.